The van der Waals surface area contributed by atoms with Gasteiger partial charge in [-0.15, -0.1) is 11.3 Å². The first kappa shape index (κ1) is 13.2. The molecule has 0 amide bonds. The third-order valence-electron chi connectivity index (χ3n) is 3.51. The van der Waals surface area contributed by atoms with Gasteiger partial charge in [0.05, 0.1) is 21.6 Å². The van der Waals surface area contributed by atoms with Crippen molar-refractivity contribution in [3.63, 3.8) is 0 Å². The molecule has 0 unspecified atom stereocenters. The molecule has 0 radical (unpaired) electrons. The van der Waals surface area contributed by atoms with E-state index in [2.05, 4.69) is 49.6 Å². The van der Waals surface area contributed by atoms with Gasteiger partial charge in [-0.1, -0.05) is 19.1 Å². The van der Waals surface area contributed by atoms with Gasteiger partial charge in [-0.05, 0) is 38.5 Å². The van der Waals surface area contributed by atoms with E-state index in [1.165, 1.54) is 10.4 Å². The van der Waals surface area contributed by atoms with Crippen molar-refractivity contribution in [2.24, 2.45) is 0 Å². The van der Waals surface area contributed by atoms with Gasteiger partial charge >= 0.3 is 0 Å². The fourth-order valence-electron chi connectivity index (χ4n) is 2.56. The number of fused-ring (bicyclic) bond motifs is 1. The normalized spacial score (nSPS) is 11.6. The molecule has 3 aromatic rings. The van der Waals surface area contributed by atoms with E-state index in [1.807, 2.05) is 6.07 Å². The molecule has 3 nitrogen and oxygen atoms in total. The Morgan fingerprint density at radius 1 is 1.30 bits per heavy atom. The molecular formula is C16H19N3S. The Balaban J connectivity index is 2.29. The van der Waals surface area contributed by atoms with Crippen LogP contribution in [-0.4, -0.2) is 9.55 Å². The van der Waals surface area contributed by atoms with Crippen LogP contribution in [0.25, 0.3) is 22.4 Å². The van der Waals surface area contributed by atoms with Gasteiger partial charge in [-0.25, -0.2) is 4.98 Å². The monoisotopic (exact) mass is 285 g/mol. The van der Waals surface area contributed by atoms with E-state index >= 15 is 0 Å². The minimum Gasteiger partial charge on any atom is -0.390 e. The van der Waals surface area contributed by atoms with Crippen LogP contribution in [0.5, 0.6) is 0 Å². The zero-order valence-corrected chi connectivity index (χ0v) is 12.9. The molecule has 0 bridgehead atoms. The van der Waals surface area contributed by atoms with Crippen LogP contribution in [0.1, 0.15) is 31.7 Å². The fraction of sp³-hybridized carbons (Fsp3) is 0.312. The molecule has 1 aromatic carbocycles. The smallest absolute Gasteiger partial charge is 0.144 e. The fourth-order valence-corrected chi connectivity index (χ4v) is 3.43. The summed E-state index contributed by atoms with van der Waals surface area (Å²) in [5, 5.41) is 0.860. The Hall–Kier alpha value is -1.81. The van der Waals surface area contributed by atoms with Crippen molar-refractivity contribution in [2.45, 2.75) is 33.2 Å². The lowest BCUT2D eigenvalue weighted by Crippen LogP contribution is -2.03. The van der Waals surface area contributed by atoms with Gasteiger partial charge in [0.25, 0.3) is 0 Å². The highest BCUT2D eigenvalue weighted by Gasteiger charge is 2.18. The minimum atomic E-state index is 0.349. The topological polar surface area (TPSA) is 43.8 Å². The summed E-state index contributed by atoms with van der Waals surface area (Å²) < 4.78 is 2.27. The molecular weight excluding hydrogens is 266 g/mol. The number of nitrogen functional groups attached to an aromatic ring is 1. The first-order valence-corrected chi connectivity index (χ1v) is 7.79. The molecule has 3 rings (SSSR count). The Labute approximate surface area is 123 Å². The van der Waals surface area contributed by atoms with Gasteiger partial charge in [-0.2, -0.15) is 0 Å². The summed E-state index contributed by atoms with van der Waals surface area (Å²) in [4.78, 5) is 6.11. The number of benzene rings is 1. The molecule has 4 heteroatoms. The van der Waals surface area contributed by atoms with Crippen molar-refractivity contribution >= 4 is 27.4 Å². The standard InChI is InChI=1S/C16H19N3S/c1-4-11-9-12(15(17)20-11)16-18-13-7-5-6-8-14(13)19(16)10(2)3/h5-10H,4,17H2,1-3H3. The number of aromatic nitrogens is 2. The van der Waals surface area contributed by atoms with Gasteiger partial charge in [0.2, 0.25) is 0 Å². The molecule has 104 valence electrons. The Morgan fingerprint density at radius 2 is 2.05 bits per heavy atom. The number of anilines is 1. The molecule has 0 aliphatic rings. The second-order valence-electron chi connectivity index (χ2n) is 5.23. The first-order valence-electron chi connectivity index (χ1n) is 6.97. The van der Waals surface area contributed by atoms with Crippen molar-refractivity contribution in [2.75, 3.05) is 5.73 Å². The van der Waals surface area contributed by atoms with E-state index in [1.54, 1.807) is 11.3 Å². The highest BCUT2D eigenvalue weighted by Crippen LogP contribution is 2.36. The highest BCUT2D eigenvalue weighted by molar-refractivity contribution is 7.16. The second-order valence-corrected chi connectivity index (χ2v) is 6.40. The predicted molar refractivity (Wildman–Crippen MR) is 87.2 cm³/mol. The van der Waals surface area contributed by atoms with E-state index in [4.69, 9.17) is 10.7 Å². The lowest BCUT2D eigenvalue weighted by Gasteiger charge is -2.12. The van der Waals surface area contributed by atoms with Crippen LogP contribution in [-0.2, 0) is 6.42 Å². The van der Waals surface area contributed by atoms with Gasteiger partial charge in [0.15, 0.2) is 0 Å². The number of rotatable bonds is 3. The summed E-state index contributed by atoms with van der Waals surface area (Å²) in [7, 11) is 0. The van der Waals surface area contributed by atoms with Crippen LogP contribution in [0.3, 0.4) is 0 Å². The Bertz CT molecular complexity index is 752. The molecule has 0 fully saturated rings. The van der Waals surface area contributed by atoms with Gasteiger partial charge in [-0.3, -0.25) is 0 Å². The van der Waals surface area contributed by atoms with E-state index in [0.717, 1.165) is 28.3 Å². The van der Waals surface area contributed by atoms with Crippen LogP contribution in [0.4, 0.5) is 5.00 Å². The molecule has 0 aliphatic heterocycles. The molecule has 0 aliphatic carbocycles. The molecule has 2 aromatic heterocycles. The zero-order chi connectivity index (χ0) is 14.3. The maximum absolute atomic E-state index is 6.21. The lowest BCUT2D eigenvalue weighted by atomic mass is 10.2. The molecule has 0 atom stereocenters. The number of aryl methyl sites for hydroxylation is 1. The SMILES string of the molecule is CCc1cc(-c2nc3ccccc3n2C(C)C)c(N)s1. The maximum atomic E-state index is 6.21. The molecule has 0 spiro atoms. The Morgan fingerprint density at radius 3 is 2.70 bits per heavy atom. The lowest BCUT2D eigenvalue weighted by molar-refractivity contribution is 0.624. The highest BCUT2D eigenvalue weighted by atomic mass is 32.1. The molecule has 20 heavy (non-hydrogen) atoms. The van der Waals surface area contributed by atoms with Crippen molar-refractivity contribution in [1.29, 1.82) is 0 Å². The average molecular weight is 285 g/mol. The number of nitrogens with zero attached hydrogens (tertiary/aromatic N) is 2. The summed E-state index contributed by atoms with van der Waals surface area (Å²) in [6, 6.07) is 10.8. The van der Waals surface area contributed by atoms with Crippen molar-refractivity contribution < 1.29 is 0 Å². The predicted octanol–water partition coefficient (Wildman–Crippen LogP) is 4.49. The largest absolute Gasteiger partial charge is 0.390 e. The van der Waals surface area contributed by atoms with E-state index < -0.39 is 0 Å². The van der Waals surface area contributed by atoms with E-state index in [-0.39, 0.29) is 0 Å². The first-order chi connectivity index (χ1) is 9.61. The number of imidazole rings is 1. The maximum Gasteiger partial charge on any atom is 0.144 e. The van der Waals surface area contributed by atoms with Crippen molar-refractivity contribution in [3.8, 4) is 11.4 Å². The van der Waals surface area contributed by atoms with Crippen LogP contribution in [0, 0.1) is 0 Å². The quantitative estimate of drug-likeness (QED) is 0.770. The van der Waals surface area contributed by atoms with Crippen molar-refractivity contribution in [3.05, 3.63) is 35.2 Å². The summed E-state index contributed by atoms with van der Waals surface area (Å²) in [5.41, 5.74) is 9.47. The summed E-state index contributed by atoms with van der Waals surface area (Å²) in [6.07, 6.45) is 1.01. The molecule has 0 saturated heterocycles. The number of thiophene rings is 1. The van der Waals surface area contributed by atoms with Gasteiger partial charge in [0, 0.05) is 10.9 Å². The number of hydrogen-bond acceptors (Lipinski definition) is 3. The van der Waals surface area contributed by atoms with Crippen molar-refractivity contribution in [1.82, 2.24) is 9.55 Å². The van der Waals surface area contributed by atoms with Crippen LogP contribution < -0.4 is 5.73 Å². The molecule has 2 N–H and O–H groups in total. The summed E-state index contributed by atoms with van der Waals surface area (Å²) in [6.45, 7) is 6.52. The third-order valence-corrected chi connectivity index (χ3v) is 4.62. The van der Waals surface area contributed by atoms with Gasteiger partial charge < -0.3 is 10.3 Å². The average Bonchev–Trinajstić information content (AvgIpc) is 2.98. The molecule has 0 saturated carbocycles. The Kier molecular flexibility index (Phi) is 3.26. The second kappa shape index (κ2) is 4.94. The van der Waals surface area contributed by atoms with Crippen LogP contribution >= 0.6 is 11.3 Å². The van der Waals surface area contributed by atoms with Crippen LogP contribution in [0.15, 0.2) is 30.3 Å². The van der Waals surface area contributed by atoms with E-state index in [0.29, 0.717) is 6.04 Å². The van der Waals surface area contributed by atoms with Gasteiger partial charge in [0.1, 0.15) is 5.82 Å². The third kappa shape index (κ3) is 2.00. The number of hydrogen-bond donors (Lipinski definition) is 1. The molecule has 2 heterocycles. The van der Waals surface area contributed by atoms with Crippen LogP contribution in [0.2, 0.25) is 0 Å². The summed E-state index contributed by atoms with van der Waals surface area (Å²) >= 11 is 1.66. The summed E-state index contributed by atoms with van der Waals surface area (Å²) in [5.74, 6) is 0.981. The van der Waals surface area contributed by atoms with E-state index in [9.17, 15) is 0 Å². The zero-order valence-electron chi connectivity index (χ0n) is 12.1. The number of nitrogens with two attached hydrogens (primary N) is 1. The minimum absolute atomic E-state index is 0.349. The number of para-hydroxylation sites is 2.